The van der Waals surface area contributed by atoms with Crippen LogP contribution in [0.4, 0.5) is 0 Å². The van der Waals surface area contributed by atoms with Crippen molar-refractivity contribution in [2.24, 2.45) is 0 Å². The first kappa shape index (κ1) is 45.9. The van der Waals surface area contributed by atoms with Crippen LogP contribution in [0.5, 0.6) is 0 Å². The Kier molecular flexibility index (Phi) is 33.3. The molecule has 0 atom stereocenters. The maximum atomic E-state index is 12.4. The second-order valence-corrected chi connectivity index (χ2v) is 13.7. The number of nitrogens with zero attached hydrogens (tertiary/aromatic N) is 2. The smallest absolute Gasteiger partial charge is 0.275 e. The van der Waals surface area contributed by atoms with Crippen molar-refractivity contribution in [3.8, 4) is 0 Å². The van der Waals surface area contributed by atoms with E-state index in [2.05, 4.69) is 52.7 Å². The van der Waals surface area contributed by atoms with E-state index in [4.69, 9.17) is 0 Å². The van der Waals surface area contributed by atoms with Gasteiger partial charge in [-0.15, -0.1) is 0 Å². The lowest BCUT2D eigenvalue weighted by atomic mass is 10.1. The third kappa shape index (κ3) is 32.4. The van der Waals surface area contributed by atoms with E-state index >= 15 is 0 Å². The monoisotopic (exact) mass is 639 g/mol. The fourth-order valence-corrected chi connectivity index (χ4v) is 5.51. The summed E-state index contributed by atoms with van der Waals surface area (Å²) in [5.74, 6) is 0.145. The normalized spacial score (nSPS) is 11.5. The number of carbonyl (C=O) groups excluding carboxylic acids is 2. The fourth-order valence-electron chi connectivity index (χ4n) is 5.51. The molecule has 2 N–H and O–H groups in total. The third-order valence-electron chi connectivity index (χ3n) is 8.15. The molecule has 2 amide bonds. The molecule has 0 fully saturated rings. The van der Waals surface area contributed by atoms with Gasteiger partial charge in [0.05, 0.1) is 41.3 Å². The van der Waals surface area contributed by atoms with Crippen LogP contribution < -0.4 is 35.4 Å². The van der Waals surface area contributed by atoms with Gasteiger partial charge in [0.15, 0.2) is 13.1 Å². The Labute approximate surface area is 274 Å². The molecule has 0 rings (SSSR count). The van der Waals surface area contributed by atoms with Crippen LogP contribution in [0.3, 0.4) is 0 Å². The van der Waals surface area contributed by atoms with Gasteiger partial charge in [-0.2, -0.15) is 0 Å². The number of carbonyl (C=O) groups is 2. The van der Waals surface area contributed by atoms with Crippen LogP contribution in [-0.2, 0) is 9.59 Å². The molecular formula is C34H72Cl2N4O2. The number of hydrogen-bond donors (Lipinski definition) is 2. The van der Waals surface area contributed by atoms with E-state index < -0.39 is 0 Å². The number of halogens is 2. The summed E-state index contributed by atoms with van der Waals surface area (Å²) in [4.78, 5) is 24.9. The average Bonchev–Trinajstić information content (AvgIpc) is 2.88. The van der Waals surface area contributed by atoms with Crippen LogP contribution in [0.15, 0.2) is 0 Å². The molecular weight excluding hydrogens is 567 g/mol. The number of unbranched alkanes of at least 4 members (excludes halogenated alkanes) is 18. The lowest BCUT2D eigenvalue weighted by Crippen LogP contribution is -3.00. The van der Waals surface area contributed by atoms with E-state index in [1.807, 2.05) is 0 Å². The van der Waals surface area contributed by atoms with Gasteiger partial charge in [-0.05, 0) is 25.7 Å². The lowest BCUT2D eigenvalue weighted by Gasteiger charge is -2.29. The highest BCUT2D eigenvalue weighted by Gasteiger charge is 2.21. The van der Waals surface area contributed by atoms with Crippen LogP contribution in [-0.4, -0.2) is 88.2 Å². The predicted molar refractivity (Wildman–Crippen MR) is 173 cm³/mol. The van der Waals surface area contributed by atoms with Crippen molar-refractivity contribution >= 4 is 11.8 Å². The molecule has 0 spiro atoms. The van der Waals surface area contributed by atoms with Gasteiger partial charge < -0.3 is 44.4 Å². The molecule has 0 heterocycles. The summed E-state index contributed by atoms with van der Waals surface area (Å²) in [6, 6.07) is 0. The number of nitrogens with one attached hydrogen (secondary N) is 2. The first-order valence-electron chi connectivity index (χ1n) is 17.3. The second kappa shape index (κ2) is 30.5. The Morgan fingerprint density at radius 1 is 0.429 bits per heavy atom. The van der Waals surface area contributed by atoms with Gasteiger partial charge in [-0.25, -0.2) is 0 Å². The van der Waals surface area contributed by atoms with Crippen LogP contribution in [0.25, 0.3) is 0 Å². The van der Waals surface area contributed by atoms with Crippen molar-refractivity contribution in [3.05, 3.63) is 0 Å². The number of amides is 2. The highest BCUT2D eigenvalue weighted by molar-refractivity contribution is 5.78. The third-order valence-corrected chi connectivity index (χ3v) is 8.15. The molecule has 0 aliphatic rings. The van der Waals surface area contributed by atoms with Crippen molar-refractivity contribution in [2.75, 3.05) is 67.5 Å². The van der Waals surface area contributed by atoms with Crippen LogP contribution >= 0.6 is 0 Å². The molecule has 0 unspecified atom stereocenters. The largest absolute Gasteiger partial charge is 1.00 e. The fraction of sp³-hybridized carbons (Fsp3) is 0.941. The summed E-state index contributed by atoms with van der Waals surface area (Å²) >= 11 is 0. The van der Waals surface area contributed by atoms with Crippen molar-refractivity contribution < 1.29 is 43.4 Å². The van der Waals surface area contributed by atoms with Gasteiger partial charge in [0, 0.05) is 13.1 Å². The van der Waals surface area contributed by atoms with Crippen molar-refractivity contribution in [2.45, 2.75) is 142 Å². The summed E-state index contributed by atoms with van der Waals surface area (Å²) in [6.07, 6.45) is 26.7. The molecule has 254 valence electrons. The predicted octanol–water partition coefficient (Wildman–Crippen LogP) is 1.22. The Morgan fingerprint density at radius 3 is 0.929 bits per heavy atom. The Hall–Kier alpha value is -0.560. The zero-order valence-corrected chi connectivity index (χ0v) is 30.4. The molecule has 0 saturated heterocycles. The number of rotatable bonds is 29. The molecule has 0 bridgehead atoms. The van der Waals surface area contributed by atoms with Gasteiger partial charge in [0.25, 0.3) is 11.8 Å². The Balaban J connectivity index is -0.00000760. The van der Waals surface area contributed by atoms with Gasteiger partial charge in [0.2, 0.25) is 0 Å². The van der Waals surface area contributed by atoms with Crippen LogP contribution in [0, 0.1) is 0 Å². The molecule has 8 heteroatoms. The molecule has 0 aliphatic carbocycles. The number of quaternary nitrogens is 2. The Bertz CT molecular complexity index is 566. The minimum Gasteiger partial charge on any atom is -1.00 e. The summed E-state index contributed by atoms with van der Waals surface area (Å²) < 4.78 is 1.44. The van der Waals surface area contributed by atoms with Gasteiger partial charge in [-0.3, -0.25) is 9.59 Å². The van der Waals surface area contributed by atoms with E-state index in [0.717, 1.165) is 22.1 Å². The topological polar surface area (TPSA) is 58.2 Å². The van der Waals surface area contributed by atoms with E-state index in [1.165, 1.54) is 128 Å². The first-order valence-corrected chi connectivity index (χ1v) is 17.3. The van der Waals surface area contributed by atoms with Crippen molar-refractivity contribution in [1.29, 1.82) is 0 Å². The molecule has 6 nitrogen and oxygen atoms in total. The summed E-state index contributed by atoms with van der Waals surface area (Å²) in [5.41, 5.74) is 0. The zero-order valence-electron chi connectivity index (χ0n) is 28.9. The highest BCUT2D eigenvalue weighted by atomic mass is 35.5. The maximum Gasteiger partial charge on any atom is 0.275 e. The Morgan fingerprint density at radius 2 is 0.667 bits per heavy atom. The second-order valence-electron chi connectivity index (χ2n) is 13.7. The molecule has 0 radical (unpaired) electrons. The van der Waals surface area contributed by atoms with Crippen LogP contribution in [0.1, 0.15) is 142 Å². The molecule has 0 aromatic rings. The summed E-state index contributed by atoms with van der Waals surface area (Å²) in [6.45, 7) is 8.58. The minimum atomic E-state index is 0. The number of likely N-dealkylation sites (N-methyl/N-ethyl adjacent to an activating group) is 2. The van der Waals surface area contributed by atoms with E-state index in [-0.39, 0.29) is 36.6 Å². The quantitative estimate of drug-likeness (QED) is 0.0956. The minimum absolute atomic E-state index is 0. The van der Waals surface area contributed by atoms with Gasteiger partial charge in [-0.1, -0.05) is 117 Å². The molecule has 0 aromatic carbocycles. The maximum absolute atomic E-state index is 12.4. The van der Waals surface area contributed by atoms with E-state index in [0.29, 0.717) is 26.2 Å². The van der Waals surface area contributed by atoms with Gasteiger partial charge in [0.1, 0.15) is 0 Å². The average molecular weight is 640 g/mol. The summed E-state index contributed by atoms with van der Waals surface area (Å²) in [7, 11) is 8.57. The zero-order chi connectivity index (χ0) is 30.0. The van der Waals surface area contributed by atoms with Crippen molar-refractivity contribution in [3.63, 3.8) is 0 Å². The molecule has 0 aliphatic heterocycles. The molecule has 42 heavy (non-hydrogen) atoms. The highest BCUT2D eigenvalue weighted by Crippen LogP contribution is 2.13. The SMILES string of the molecule is CCCCCCCCCCCC[N+](C)(C)CC(=O)NCCNC(=O)C[N+](C)(C)CCCCCCCCCCCC.[Cl-].[Cl-]. The molecule has 0 saturated carbocycles. The standard InChI is InChI=1S/C34H70N4O2.2ClH/c1-7-9-11-13-15-17-19-21-23-25-29-37(3,4)31-33(39)35-27-28-36-34(40)32-38(5,6)30-26-24-22-20-18-16-14-12-10-8-2;;/h7-32H2,1-6H3;2*1H. The number of hydrogen-bond acceptors (Lipinski definition) is 2. The van der Waals surface area contributed by atoms with E-state index in [9.17, 15) is 9.59 Å². The van der Waals surface area contributed by atoms with E-state index in [1.54, 1.807) is 0 Å². The molecule has 0 aromatic heterocycles. The lowest BCUT2D eigenvalue weighted by molar-refractivity contribution is -0.882. The first-order chi connectivity index (χ1) is 19.1. The van der Waals surface area contributed by atoms with Crippen LogP contribution in [0.2, 0.25) is 0 Å². The summed E-state index contributed by atoms with van der Waals surface area (Å²) in [5, 5.41) is 5.99. The van der Waals surface area contributed by atoms with Crippen molar-refractivity contribution in [1.82, 2.24) is 10.6 Å². The van der Waals surface area contributed by atoms with Gasteiger partial charge >= 0.3 is 0 Å².